The van der Waals surface area contributed by atoms with Gasteiger partial charge < -0.3 is 24.4 Å². The maximum atomic E-state index is 14.6. The van der Waals surface area contributed by atoms with Crippen molar-refractivity contribution in [1.82, 2.24) is 4.90 Å². The molecule has 0 saturated carbocycles. The van der Waals surface area contributed by atoms with Gasteiger partial charge in [-0.1, -0.05) is 54.6 Å². The van der Waals surface area contributed by atoms with Gasteiger partial charge in [0, 0.05) is 17.5 Å². The van der Waals surface area contributed by atoms with Crippen LogP contribution < -0.4 is 9.64 Å². The largest absolute Gasteiger partial charge is 0.497 e. The predicted molar refractivity (Wildman–Crippen MR) is 147 cm³/mol. The average molecular weight is 547 g/mol. The molecular formula is C30H30N2O6S. The van der Waals surface area contributed by atoms with Gasteiger partial charge in [-0.2, -0.15) is 0 Å². The molecule has 2 aromatic rings. The lowest BCUT2D eigenvalue weighted by molar-refractivity contribution is -0.153. The fraction of sp³-hybridized carbons (Fsp3) is 0.367. The Kier molecular flexibility index (Phi) is 6.72. The number of rotatable bonds is 5. The van der Waals surface area contributed by atoms with Crippen LogP contribution in [0.25, 0.3) is 0 Å². The summed E-state index contributed by atoms with van der Waals surface area (Å²) in [6.07, 6.45) is 8.46. The van der Waals surface area contributed by atoms with Crippen molar-refractivity contribution in [3.63, 3.8) is 0 Å². The second kappa shape index (κ2) is 10.2. The molecule has 6 atom stereocenters. The number of likely N-dealkylation sites (tertiary alicyclic amines) is 1. The molecule has 2 aromatic carbocycles. The summed E-state index contributed by atoms with van der Waals surface area (Å²) in [7, 11) is 1.58. The molecule has 1 unspecified atom stereocenters. The van der Waals surface area contributed by atoms with E-state index in [0.717, 1.165) is 5.56 Å². The highest BCUT2D eigenvalue weighted by Gasteiger charge is 2.72. The first-order valence-electron chi connectivity index (χ1n) is 13.1. The second-order valence-corrected chi connectivity index (χ2v) is 11.6. The average Bonchev–Trinajstić information content (AvgIpc) is 3.33. The van der Waals surface area contributed by atoms with Crippen molar-refractivity contribution < 1.29 is 29.0 Å². The van der Waals surface area contributed by atoms with E-state index in [0.29, 0.717) is 24.4 Å². The summed E-state index contributed by atoms with van der Waals surface area (Å²) in [6.45, 7) is 0.203. The van der Waals surface area contributed by atoms with Gasteiger partial charge >= 0.3 is 5.97 Å². The monoisotopic (exact) mass is 546 g/mol. The summed E-state index contributed by atoms with van der Waals surface area (Å²) in [5.74, 6) is -1.85. The van der Waals surface area contributed by atoms with Crippen LogP contribution in [0.3, 0.4) is 0 Å². The van der Waals surface area contributed by atoms with E-state index in [-0.39, 0.29) is 30.3 Å². The van der Waals surface area contributed by atoms with Crippen molar-refractivity contribution >= 4 is 35.2 Å². The lowest BCUT2D eigenvalue weighted by Crippen LogP contribution is -2.54. The number of carbonyl (C=O) groups excluding carboxylic acids is 3. The number of thioether (sulfide) groups is 1. The number of anilines is 1. The smallest absolute Gasteiger partial charge is 0.311 e. The first-order chi connectivity index (χ1) is 19.0. The minimum absolute atomic E-state index is 0.255. The van der Waals surface area contributed by atoms with Gasteiger partial charge in [-0.15, -0.1) is 11.8 Å². The Bertz CT molecular complexity index is 1330. The number of benzene rings is 2. The zero-order valence-electron chi connectivity index (χ0n) is 21.5. The van der Waals surface area contributed by atoms with Crippen LogP contribution in [0.4, 0.5) is 5.69 Å². The van der Waals surface area contributed by atoms with Gasteiger partial charge in [-0.3, -0.25) is 14.4 Å². The highest BCUT2D eigenvalue weighted by atomic mass is 32.2. The third kappa shape index (κ3) is 4.06. The maximum absolute atomic E-state index is 14.6. The Hall–Kier alpha value is -3.56. The van der Waals surface area contributed by atoms with E-state index in [2.05, 4.69) is 0 Å². The number of hydrogen-bond donors (Lipinski definition) is 1. The lowest BCUT2D eigenvalue weighted by atomic mass is 9.78. The minimum Gasteiger partial charge on any atom is -0.497 e. The number of esters is 1. The number of fused-ring (bicyclic) bond motifs is 2. The molecule has 0 radical (unpaired) electrons. The molecule has 202 valence electrons. The fourth-order valence-electron chi connectivity index (χ4n) is 6.41. The molecule has 0 aromatic heterocycles. The van der Waals surface area contributed by atoms with Gasteiger partial charge in [-0.25, -0.2) is 0 Å². The number of methoxy groups -OCH3 is 1. The van der Waals surface area contributed by atoms with Crippen LogP contribution in [0.2, 0.25) is 0 Å². The Morgan fingerprint density at radius 2 is 1.85 bits per heavy atom. The van der Waals surface area contributed by atoms with E-state index >= 15 is 0 Å². The summed E-state index contributed by atoms with van der Waals surface area (Å²) in [5, 5.41) is 10.3. The quantitative estimate of drug-likeness (QED) is 0.455. The third-order valence-electron chi connectivity index (χ3n) is 8.14. The zero-order valence-corrected chi connectivity index (χ0v) is 22.3. The topological polar surface area (TPSA) is 96.4 Å². The van der Waals surface area contributed by atoms with Crippen molar-refractivity contribution in [2.45, 2.75) is 28.5 Å². The number of aliphatic hydroxyl groups is 1. The highest BCUT2D eigenvalue weighted by molar-refractivity contribution is 8.02. The molecule has 2 amide bonds. The van der Waals surface area contributed by atoms with Gasteiger partial charge in [0.25, 0.3) is 5.91 Å². The summed E-state index contributed by atoms with van der Waals surface area (Å²) < 4.78 is 9.84. The number of aliphatic hydroxyl groups excluding tert-OH is 1. The van der Waals surface area contributed by atoms with Crippen LogP contribution in [-0.4, -0.2) is 70.7 Å². The molecule has 4 aliphatic heterocycles. The summed E-state index contributed by atoms with van der Waals surface area (Å²) in [6, 6.07) is 14.8. The molecule has 1 spiro atoms. The van der Waals surface area contributed by atoms with Crippen LogP contribution in [0.1, 0.15) is 18.0 Å². The van der Waals surface area contributed by atoms with Crippen molar-refractivity contribution in [1.29, 1.82) is 0 Å². The lowest BCUT2D eigenvalue weighted by Gasteiger charge is -2.38. The Labute approximate surface area is 231 Å². The van der Waals surface area contributed by atoms with E-state index in [4.69, 9.17) is 9.47 Å². The van der Waals surface area contributed by atoms with Crippen molar-refractivity contribution in [3.8, 4) is 5.75 Å². The fourth-order valence-corrected chi connectivity index (χ4v) is 8.39. The Morgan fingerprint density at radius 3 is 2.56 bits per heavy atom. The second-order valence-electron chi connectivity index (χ2n) is 10.1. The van der Waals surface area contributed by atoms with E-state index in [1.54, 1.807) is 24.1 Å². The normalized spacial score (nSPS) is 30.6. The van der Waals surface area contributed by atoms with Crippen molar-refractivity contribution in [2.24, 2.45) is 11.8 Å². The van der Waals surface area contributed by atoms with Crippen molar-refractivity contribution in [3.05, 3.63) is 84.5 Å². The number of nitrogens with zero attached hydrogens (tertiary/aromatic N) is 2. The minimum atomic E-state index is -0.999. The van der Waals surface area contributed by atoms with Crippen LogP contribution in [0, 0.1) is 11.8 Å². The Morgan fingerprint density at radius 1 is 1.08 bits per heavy atom. The maximum Gasteiger partial charge on any atom is 0.311 e. The number of hydrogen-bond acceptors (Lipinski definition) is 7. The number of carbonyl (C=O) groups is 3. The number of amides is 2. The molecule has 0 bridgehead atoms. The molecule has 4 heterocycles. The van der Waals surface area contributed by atoms with Gasteiger partial charge in [-0.05, 0) is 36.2 Å². The van der Waals surface area contributed by atoms with Gasteiger partial charge in [0.2, 0.25) is 5.91 Å². The Balaban J connectivity index is 1.50. The van der Waals surface area contributed by atoms with E-state index < -0.39 is 34.6 Å². The molecule has 6 rings (SSSR count). The van der Waals surface area contributed by atoms with Gasteiger partial charge in [0.05, 0.1) is 42.9 Å². The predicted octanol–water partition coefficient (Wildman–Crippen LogP) is 3.13. The molecule has 2 fully saturated rings. The first-order valence-corrected chi connectivity index (χ1v) is 14.0. The molecule has 4 aliphatic rings. The van der Waals surface area contributed by atoms with E-state index in [1.165, 1.54) is 16.7 Å². The van der Waals surface area contributed by atoms with Crippen LogP contribution in [0.5, 0.6) is 5.75 Å². The van der Waals surface area contributed by atoms with E-state index in [1.807, 2.05) is 66.8 Å². The zero-order chi connectivity index (χ0) is 27.1. The summed E-state index contributed by atoms with van der Waals surface area (Å²) >= 11 is 1.49. The summed E-state index contributed by atoms with van der Waals surface area (Å²) in [5.41, 5.74) is 1.40. The molecular weight excluding hydrogens is 516 g/mol. The van der Waals surface area contributed by atoms with Crippen LogP contribution >= 0.6 is 11.8 Å². The molecule has 1 N–H and O–H groups in total. The SMILES string of the molecule is COc1ccc(N2CC=C[C@]34S[C@@H]5C=CCCOC(=O)[C@@H]5[C@H]3C(=O)N([C@H](CO)c3ccccc3)C4C2=O)cc1. The first kappa shape index (κ1) is 25.7. The molecule has 0 aliphatic carbocycles. The highest BCUT2D eigenvalue weighted by Crippen LogP contribution is 2.62. The molecule has 39 heavy (non-hydrogen) atoms. The summed E-state index contributed by atoms with van der Waals surface area (Å²) in [4.78, 5) is 45.5. The standard InChI is InChI=1S/C30H30N2O6S/c1-37-21-13-11-20(12-14-21)31-16-7-15-30-25(24-23(39-30)10-5-6-17-38-29(24)36)27(34)32(26(30)28(31)35)22(18-33)19-8-3-2-4-9-19/h2-5,7-15,22-26,33H,6,16-18H2,1H3/t22-,23-,24+,25+,26?,30+/m1/s1. The van der Waals surface area contributed by atoms with Crippen molar-refractivity contribution in [2.75, 3.05) is 31.8 Å². The van der Waals surface area contributed by atoms with Gasteiger partial charge in [0.15, 0.2) is 0 Å². The third-order valence-corrected chi connectivity index (χ3v) is 9.88. The van der Waals surface area contributed by atoms with Crippen LogP contribution in [-0.2, 0) is 19.1 Å². The van der Waals surface area contributed by atoms with E-state index in [9.17, 15) is 19.5 Å². The molecule has 2 saturated heterocycles. The molecule has 8 nitrogen and oxygen atoms in total. The number of ether oxygens (including phenoxy) is 2. The van der Waals surface area contributed by atoms with Gasteiger partial charge in [0.1, 0.15) is 11.8 Å². The van der Waals surface area contributed by atoms with Crippen LogP contribution in [0.15, 0.2) is 78.9 Å². The number of cyclic esters (lactones) is 1. The molecule has 9 heteroatoms.